The molecular formula is C18H24FNO4. The molecule has 0 spiro atoms. The average Bonchev–Trinajstić information content (AvgIpc) is 2.46. The largest absolute Gasteiger partial charge is 0.462 e. The van der Waals surface area contributed by atoms with Crippen LogP contribution in [-0.4, -0.2) is 30.8 Å². The van der Waals surface area contributed by atoms with Crippen molar-refractivity contribution in [2.75, 3.05) is 13.2 Å². The van der Waals surface area contributed by atoms with Crippen LogP contribution in [0.25, 0.3) is 6.08 Å². The summed E-state index contributed by atoms with van der Waals surface area (Å²) in [5.74, 6) is -1.30. The summed E-state index contributed by atoms with van der Waals surface area (Å²) in [6, 6.07) is 4.23. The van der Waals surface area contributed by atoms with Crippen molar-refractivity contribution in [1.82, 2.24) is 5.32 Å². The molecule has 0 atom stereocenters. The fourth-order valence-electron chi connectivity index (χ4n) is 1.80. The van der Waals surface area contributed by atoms with Crippen LogP contribution >= 0.6 is 0 Å². The number of carbonyl (C=O) groups excluding carboxylic acids is 2. The number of esters is 1. The quantitative estimate of drug-likeness (QED) is 0.631. The van der Waals surface area contributed by atoms with Crippen molar-refractivity contribution < 1.29 is 23.5 Å². The van der Waals surface area contributed by atoms with Gasteiger partial charge in [0.15, 0.2) is 0 Å². The maximum absolute atomic E-state index is 13.6. The first-order valence-corrected chi connectivity index (χ1v) is 7.83. The molecule has 0 aliphatic carbocycles. The third-order valence-electron chi connectivity index (χ3n) is 2.78. The van der Waals surface area contributed by atoms with Crippen molar-refractivity contribution >= 4 is 18.1 Å². The third-order valence-corrected chi connectivity index (χ3v) is 2.78. The van der Waals surface area contributed by atoms with E-state index in [9.17, 15) is 14.0 Å². The predicted octanol–water partition coefficient (Wildman–Crippen LogP) is 3.93. The van der Waals surface area contributed by atoms with Gasteiger partial charge in [0.1, 0.15) is 11.4 Å². The van der Waals surface area contributed by atoms with Gasteiger partial charge in [-0.15, -0.1) is 0 Å². The van der Waals surface area contributed by atoms with Crippen LogP contribution in [0.3, 0.4) is 0 Å². The summed E-state index contributed by atoms with van der Waals surface area (Å²) in [4.78, 5) is 23.1. The second-order valence-electron chi connectivity index (χ2n) is 6.08. The Morgan fingerprint density at radius 1 is 1.29 bits per heavy atom. The van der Waals surface area contributed by atoms with Gasteiger partial charge >= 0.3 is 12.1 Å². The standard InChI is InChI=1S/C18H24FNO4/c1-5-23-16(21)14-12-13(9-10-15(14)19)8-6-7-11-20-17(22)24-18(2,3)4/h6,8-10,12H,5,7,11H2,1-4H3,(H,20,22). The molecule has 1 aromatic rings. The normalized spacial score (nSPS) is 11.4. The smallest absolute Gasteiger partial charge is 0.407 e. The van der Waals surface area contributed by atoms with Crippen molar-refractivity contribution in [3.63, 3.8) is 0 Å². The Morgan fingerprint density at radius 2 is 2.00 bits per heavy atom. The number of alkyl carbamates (subject to hydrolysis) is 1. The van der Waals surface area contributed by atoms with Crippen LogP contribution in [0, 0.1) is 5.82 Å². The van der Waals surface area contributed by atoms with Gasteiger partial charge in [0, 0.05) is 6.54 Å². The van der Waals surface area contributed by atoms with Gasteiger partial charge in [-0.1, -0.05) is 18.2 Å². The van der Waals surface area contributed by atoms with Crippen LogP contribution in [0.15, 0.2) is 24.3 Å². The Morgan fingerprint density at radius 3 is 2.62 bits per heavy atom. The number of benzene rings is 1. The number of halogens is 1. The van der Waals surface area contributed by atoms with Gasteiger partial charge in [-0.3, -0.25) is 0 Å². The molecule has 0 bridgehead atoms. The number of hydrogen-bond acceptors (Lipinski definition) is 4. The highest BCUT2D eigenvalue weighted by Gasteiger charge is 2.15. The molecule has 0 saturated carbocycles. The second-order valence-corrected chi connectivity index (χ2v) is 6.08. The minimum Gasteiger partial charge on any atom is -0.462 e. The molecule has 24 heavy (non-hydrogen) atoms. The molecule has 132 valence electrons. The lowest BCUT2D eigenvalue weighted by Crippen LogP contribution is -2.32. The van der Waals surface area contributed by atoms with Gasteiger partial charge in [-0.2, -0.15) is 0 Å². The molecule has 0 aliphatic rings. The van der Waals surface area contributed by atoms with Crippen LogP contribution in [0.2, 0.25) is 0 Å². The van der Waals surface area contributed by atoms with Crippen LogP contribution in [0.5, 0.6) is 0 Å². The first kappa shape index (κ1) is 19.7. The Bertz CT molecular complexity index is 606. The van der Waals surface area contributed by atoms with Crippen LogP contribution < -0.4 is 5.32 Å². The summed E-state index contributed by atoms with van der Waals surface area (Å²) >= 11 is 0. The molecule has 6 heteroatoms. The van der Waals surface area contributed by atoms with Crippen LogP contribution in [0.4, 0.5) is 9.18 Å². The van der Waals surface area contributed by atoms with E-state index >= 15 is 0 Å². The topological polar surface area (TPSA) is 64.6 Å². The molecule has 5 nitrogen and oxygen atoms in total. The SMILES string of the molecule is CCOC(=O)c1cc(C=CCCNC(=O)OC(C)(C)C)ccc1F. The summed E-state index contributed by atoms with van der Waals surface area (Å²) in [5.41, 5.74) is 0.0555. The summed E-state index contributed by atoms with van der Waals surface area (Å²) in [6.45, 7) is 7.65. The van der Waals surface area contributed by atoms with Gasteiger partial charge in [0.2, 0.25) is 0 Å². The number of rotatable bonds is 6. The van der Waals surface area contributed by atoms with Crippen molar-refractivity contribution in [1.29, 1.82) is 0 Å². The monoisotopic (exact) mass is 337 g/mol. The molecule has 0 saturated heterocycles. The molecule has 0 aliphatic heterocycles. The molecule has 1 aromatic carbocycles. The fraction of sp³-hybridized carbons (Fsp3) is 0.444. The van der Waals surface area contributed by atoms with E-state index in [0.717, 1.165) is 0 Å². The first-order valence-electron chi connectivity index (χ1n) is 7.83. The lowest BCUT2D eigenvalue weighted by atomic mass is 10.1. The Balaban J connectivity index is 2.52. The molecule has 0 fully saturated rings. The van der Waals surface area contributed by atoms with E-state index in [2.05, 4.69) is 5.32 Å². The molecule has 1 rings (SSSR count). The molecule has 0 heterocycles. The zero-order valence-corrected chi connectivity index (χ0v) is 14.5. The molecule has 1 amide bonds. The van der Waals surface area contributed by atoms with E-state index < -0.39 is 23.5 Å². The zero-order chi connectivity index (χ0) is 18.2. The van der Waals surface area contributed by atoms with Crippen LogP contribution in [-0.2, 0) is 9.47 Å². The number of ether oxygens (including phenoxy) is 2. The Hall–Kier alpha value is -2.37. The maximum Gasteiger partial charge on any atom is 0.407 e. The molecule has 0 aromatic heterocycles. The van der Waals surface area contributed by atoms with Crippen molar-refractivity contribution in [2.45, 2.75) is 39.7 Å². The predicted molar refractivity (Wildman–Crippen MR) is 90.2 cm³/mol. The number of hydrogen-bond donors (Lipinski definition) is 1. The second kappa shape index (κ2) is 9.05. The van der Waals surface area contributed by atoms with Gasteiger partial charge < -0.3 is 14.8 Å². The highest BCUT2D eigenvalue weighted by atomic mass is 19.1. The molecule has 1 N–H and O–H groups in total. The zero-order valence-electron chi connectivity index (χ0n) is 14.5. The lowest BCUT2D eigenvalue weighted by Gasteiger charge is -2.19. The van der Waals surface area contributed by atoms with Crippen molar-refractivity contribution in [2.24, 2.45) is 0 Å². The van der Waals surface area contributed by atoms with Gasteiger partial charge in [-0.05, 0) is 51.8 Å². The highest BCUT2D eigenvalue weighted by Crippen LogP contribution is 2.13. The Labute approximate surface area is 141 Å². The lowest BCUT2D eigenvalue weighted by molar-refractivity contribution is 0.0513. The van der Waals surface area contributed by atoms with Gasteiger partial charge in [0.25, 0.3) is 0 Å². The number of carbonyl (C=O) groups is 2. The van der Waals surface area contributed by atoms with E-state index in [1.807, 2.05) is 6.08 Å². The van der Waals surface area contributed by atoms with E-state index in [1.165, 1.54) is 12.1 Å². The minimum atomic E-state index is -0.683. The minimum absolute atomic E-state index is 0.0918. The maximum atomic E-state index is 13.6. The summed E-state index contributed by atoms with van der Waals surface area (Å²) in [5, 5.41) is 2.63. The van der Waals surface area contributed by atoms with E-state index in [1.54, 1.807) is 39.8 Å². The molecular weight excluding hydrogens is 313 g/mol. The van der Waals surface area contributed by atoms with E-state index in [4.69, 9.17) is 9.47 Å². The number of amides is 1. The fourth-order valence-corrected chi connectivity index (χ4v) is 1.80. The first-order chi connectivity index (χ1) is 11.2. The van der Waals surface area contributed by atoms with Crippen molar-refractivity contribution in [3.05, 3.63) is 41.2 Å². The summed E-state index contributed by atoms with van der Waals surface area (Å²) in [6.07, 6.45) is 3.67. The van der Waals surface area contributed by atoms with Crippen molar-refractivity contribution in [3.8, 4) is 0 Å². The van der Waals surface area contributed by atoms with Crippen LogP contribution in [0.1, 0.15) is 50.0 Å². The summed E-state index contributed by atoms with van der Waals surface area (Å²) < 4.78 is 23.5. The van der Waals surface area contributed by atoms with Gasteiger partial charge in [0.05, 0.1) is 12.2 Å². The van der Waals surface area contributed by atoms with Gasteiger partial charge in [-0.25, -0.2) is 14.0 Å². The summed E-state index contributed by atoms with van der Waals surface area (Å²) in [7, 11) is 0. The Kier molecular flexibility index (Phi) is 7.42. The third kappa shape index (κ3) is 7.26. The van der Waals surface area contributed by atoms with E-state index in [0.29, 0.717) is 18.5 Å². The highest BCUT2D eigenvalue weighted by molar-refractivity contribution is 5.90. The average molecular weight is 337 g/mol. The number of nitrogens with one attached hydrogen (secondary N) is 1. The van der Waals surface area contributed by atoms with E-state index in [-0.39, 0.29) is 12.2 Å². The molecule has 0 radical (unpaired) electrons. The molecule has 0 unspecified atom stereocenters.